The first-order valence-electron chi connectivity index (χ1n) is 12.2. The summed E-state index contributed by atoms with van der Waals surface area (Å²) < 4.78 is 27.0. The molecule has 1 aromatic carbocycles. The van der Waals surface area contributed by atoms with Crippen molar-refractivity contribution in [2.45, 2.75) is 51.3 Å². The molecule has 9 nitrogen and oxygen atoms in total. The smallest absolute Gasteiger partial charge is 0.258 e. The zero-order valence-corrected chi connectivity index (χ0v) is 19.7. The Morgan fingerprint density at radius 1 is 1.20 bits per heavy atom. The fraction of sp³-hybridized carbons (Fsp3) is 0.480. The van der Waals surface area contributed by atoms with Gasteiger partial charge in [-0.3, -0.25) is 4.79 Å². The highest BCUT2D eigenvalue weighted by atomic mass is 19.1. The first kappa shape index (κ1) is 22.2. The van der Waals surface area contributed by atoms with Gasteiger partial charge in [0.05, 0.1) is 23.9 Å². The Morgan fingerprint density at radius 2 is 2.09 bits per heavy atom. The maximum Gasteiger partial charge on any atom is 0.258 e. The van der Waals surface area contributed by atoms with Crippen LogP contribution in [-0.4, -0.2) is 57.9 Å². The molecule has 2 unspecified atom stereocenters. The van der Waals surface area contributed by atoms with Crippen LogP contribution in [-0.2, 0) is 11.3 Å². The van der Waals surface area contributed by atoms with E-state index < -0.39 is 5.82 Å². The van der Waals surface area contributed by atoms with E-state index in [2.05, 4.69) is 4.90 Å². The molecule has 0 bridgehead atoms. The van der Waals surface area contributed by atoms with E-state index >= 15 is 0 Å². The molecule has 184 valence electrons. The number of anilines is 1. The number of likely N-dealkylation sites (tertiary alicyclic amines) is 1. The lowest BCUT2D eigenvalue weighted by Gasteiger charge is -2.35. The van der Waals surface area contributed by atoms with Crippen LogP contribution < -0.4 is 15.4 Å². The van der Waals surface area contributed by atoms with Gasteiger partial charge in [0, 0.05) is 49.1 Å². The van der Waals surface area contributed by atoms with Gasteiger partial charge >= 0.3 is 0 Å². The van der Waals surface area contributed by atoms with E-state index in [9.17, 15) is 9.18 Å². The molecule has 0 radical (unpaired) electrons. The largest absolute Gasteiger partial charge is 0.466 e. The van der Waals surface area contributed by atoms with Crippen molar-refractivity contribution in [2.24, 2.45) is 5.73 Å². The van der Waals surface area contributed by atoms with E-state index in [0.29, 0.717) is 17.9 Å². The second-order valence-electron chi connectivity index (χ2n) is 9.68. The van der Waals surface area contributed by atoms with Gasteiger partial charge in [0.1, 0.15) is 17.4 Å². The maximum absolute atomic E-state index is 14.4. The third-order valence-electron chi connectivity index (χ3n) is 7.16. The zero-order chi connectivity index (χ0) is 24.1. The Balaban J connectivity index is 1.34. The zero-order valence-electron chi connectivity index (χ0n) is 19.7. The van der Waals surface area contributed by atoms with Gasteiger partial charge in [-0.05, 0) is 44.7 Å². The minimum absolute atomic E-state index is 0.0457. The van der Waals surface area contributed by atoms with Crippen LogP contribution >= 0.6 is 0 Å². The van der Waals surface area contributed by atoms with Crippen molar-refractivity contribution in [2.75, 3.05) is 31.3 Å². The molecular weight excluding hydrogens is 451 g/mol. The summed E-state index contributed by atoms with van der Waals surface area (Å²) in [6, 6.07) is 4.53. The molecule has 2 fully saturated rings. The lowest BCUT2D eigenvalue weighted by Crippen LogP contribution is -2.39. The molecule has 3 aliphatic rings. The predicted molar refractivity (Wildman–Crippen MR) is 127 cm³/mol. The maximum atomic E-state index is 14.4. The molecule has 6 rings (SSSR count). The van der Waals surface area contributed by atoms with Gasteiger partial charge in [-0.2, -0.15) is 5.10 Å². The average molecular weight is 481 g/mol. The SMILES string of the molecule is Cc1cn2nc(C3CCCCN3C(=O)c3cc(F)cc4c3OCOC4)cc2nc1N1CCC(N)C1. The lowest BCUT2D eigenvalue weighted by atomic mass is 9.97. The molecular formula is C25H29FN6O3. The van der Waals surface area contributed by atoms with Crippen LogP contribution in [0.1, 0.15) is 58.9 Å². The summed E-state index contributed by atoms with van der Waals surface area (Å²) in [6.07, 6.45) is 5.58. The standard InChI is InChI=1S/C25H29FN6O3/c1-15-11-32-22(28-24(15)30-7-5-18(27)12-30)10-20(29-32)21-4-2-3-6-31(21)25(33)19-9-17(26)8-16-13-34-14-35-23(16)19/h8-11,18,21H,2-7,12-14,27H2,1H3. The first-order valence-corrected chi connectivity index (χ1v) is 12.2. The molecule has 3 aliphatic heterocycles. The average Bonchev–Trinajstić information content (AvgIpc) is 3.48. The summed E-state index contributed by atoms with van der Waals surface area (Å²) in [5.41, 5.74) is 9.45. The van der Waals surface area contributed by atoms with Gasteiger partial charge in [-0.15, -0.1) is 0 Å². The van der Waals surface area contributed by atoms with Crippen molar-refractivity contribution < 1.29 is 18.7 Å². The molecule has 5 heterocycles. The topological polar surface area (TPSA) is 98.2 Å². The van der Waals surface area contributed by atoms with Gasteiger partial charge in [-0.1, -0.05) is 0 Å². The van der Waals surface area contributed by atoms with Crippen LogP contribution in [0.25, 0.3) is 5.65 Å². The number of aromatic nitrogens is 3. The number of piperidine rings is 1. The highest BCUT2D eigenvalue weighted by molar-refractivity contribution is 5.97. The van der Waals surface area contributed by atoms with E-state index in [0.717, 1.165) is 61.5 Å². The van der Waals surface area contributed by atoms with Crippen LogP contribution in [0.3, 0.4) is 0 Å². The third kappa shape index (κ3) is 4.00. The summed E-state index contributed by atoms with van der Waals surface area (Å²) >= 11 is 0. The molecule has 1 amide bonds. The summed E-state index contributed by atoms with van der Waals surface area (Å²) in [5, 5.41) is 4.80. The predicted octanol–water partition coefficient (Wildman–Crippen LogP) is 2.95. The number of halogens is 1. The summed E-state index contributed by atoms with van der Waals surface area (Å²) in [5.74, 6) is 0.614. The van der Waals surface area contributed by atoms with E-state index in [1.165, 1.54) is 12.1 Å². The molecule has 0 saturated carbocycles. The number of rotatable bonds is 3. The Morgan fingerprint density at radius 3 is 2.91 bits per heavy atom. The molecule has 2 saturated heterocycles. The minimum atomic E-state index is -0.476. The second-order valence-corrected chi connectivity index (χ2v) is 9.68. The second kappa shape index (κ2) is 8.76. The van der Waals surface area contributed by atoms with Crippen molar-refractivity contribution in [3.05, 3.63) is 52.6 Å². The highest BCUT2D eigenvalue weighted by Gasteiger charge is 2.34. The third-order valence-corrected chi connectivity index (χ3v) is 7.16. The Bertz CT molecular complexity index is 1290. The minimum Gasteiger partial charge on any atom is -0.466 e. The summed E-state index contributed by atoms with van der Waals surface area (Å²) in [4.78, 5) is 22.6. The number of fused-ring (bicyclic) bond motifs is 2. The fourth-order valence-corrected chi connectivity index (χ4v) is 5.46. The number of aryl methyl sites for hydroxylation is 1. The number of nitrogens with zero attached hydrogens (tertiary/aromatic N) is 5. The number of amides is 1. The van der Waals surface area contributed by atoms with Gasteiger partial charge in [0.15, 0.2) is 12.4 Å². The molecule has 35 heavy (non-hydrogen) atoms. The Labute approximate surface area is 202 Å². The Kier molecular flexibility index (Phi) is 5.57. The molecule has 0 spiro atoms. The van der Waals surface area contributed by atoms with Crippen LogP contribution in [0.2, 0.25) is 0 Å². The van der Waals surface area contributed by atoms with Crippen molar-refractivity contribution in [3.8, 4) is 5.75 Å². The highest BCUT2D eigenvalue weighted by Crippen LogP contribution is 2.36. The van der Waals surface area contributed by atoms with Gasteiger partial charge in [0.2, 0.25) is 0 Å². The number of hydrogen-bond donors (Lipinski definition) is 1. The van der Waals surface area contributed by atoms with Gasteiger partial charge in [0.25, 0.3) is 5.91 Å². The summed E-state index contributed by atoms with van der Waals surface area (Å²) in [7, 11) is 0. The number of carbonyl (C=O) groups is 1. The van der Waals surface area contributed by atoms with Gasteiger partial charge < -0.3 is 25.0 Å². The number of nitrogens with two attached hydrogens (primary N) is 1. The van der Waals surface area contributed by atoms with E-state index in [1.807, 2.05) is 19.2 Å². The molecule has 0 aliphatic carbocycles. The van der Waals surface area contributed by atoms with E-state index in [1.54, 1.807) is 9.42 Å². The monoisotopic (exact) mass is 480 g/mol. The van der Waals surface area contributed by atoms with E-state index in [-0.39, 0.29) is 37.0 Å². The normalized spacial score (nSPS) is 22.4. The van der Waals surface area contributed by atoms with E-state index in [4.69, 9.17) is 25.3 Å². The number of hydrogen-bond acceptors (Lipinski definition) is 7. The van der Waals surface area contributed by atoms with Crippen LogP contribution in [0.15, 0.2) is 24.4 Å². The fourth-order valence-electron chi connectivity index (χ4n) is 5.46. The van der Waals surface area contributed by atoms with Crippen molar-refractivity contribution in [3.63, 3.8) is 0 Å². The molecule has 10 heteroatoms. The summed E-state index contributed by atoms with van der Waals surface area (Å²) in [6.45, 7) is 4.55. The number of ether oxygens (including phenoxy) is 2. The van der Waals surface area contributed by atoms with Crippen LogP contribution in [0.4, 0.5) is 10.2 Å². The molecule has 3 aromatic rings. The van der Waals surface area contributed by atoms with Gasteiger partial charge in [-0.25, -0.2) is 13.9 Å². The Hall–Kier alpha value is -3.24. The molecule has 2 aromatic heterocycles. The lowest BCUT2D eigenvalue weighted by molar-refractivity contribution is -0.0174. The molecule has 2 N–H and O–H groups in total. The van der Waals surface area contributed by atoms with Crippen molar-refractivity contribution >= 4 is 17.4 Å². The number of carbonyl (C=O) groups excluding carboxylic acids is 1. The quantitative estimate of drug-likeness (QED) is 0.615. The van der Waals surface area contributed by atoms with Crippen molar-refractivity contribution in [1.29, 1.82) is 0 Å². The number of benzene rings is 1. The van der Waals surface area contributed by atoms with Crippen molar-refractivity contribution in [1.82, 2.24) is 19.5 Å². The van der Waals surface area contributed by atoms with Crippen LogP contribution in [0.5, 0.6) is 5.75 Å². The first-order chi connectivity index (χ1) is 17.0. The molecule has 2 atom stereocenters. The van der Waals surface area contributed by atoms with Crippen LogP contribution in [0, 0.1) is 12.7 Å².